The van der Waals surface area contributed by atoms with E-state index in [2.05, 4.69) is 26.2 Å². The SMILES string of the molecule is CCC1C[C@@H](C(=O)N[C@@H](CC(F)F)C(=O)NCCCN2CCOCC2)N(C(=O)[C@@H](NC(=O)N[C@H](CN(C)S(C)(=O)=O)C(C)(C)C)C(C)(C)C)C1. The van der Waals surface area contributed by atoms with Crippen molar-refractivity contribution in [3.63, 3.8) is 0 Å². The topological polar surface area (TPSA) is 169 Å². The molecule has 0 aromatic heterocycles. The summed E-state index contributed by atoms with van der Waals surface area (Å²) in [7, 11) is -2.11. The van der Waals surface area contributed by atoms with E-state index in [0.29, 0.717) is 32.6 Å². The van der Waals surface area contributed by atoms with E-state index in [1.165, 1.54) is 11.9 Å². The Bertz CT molecular complexity index is 1250. The zero-order valence-corrected chi connectivity index (χ0v) is 32.1. The molecule has 5 atom stereocenters. The molecule has 17 heteroatoms. The van der Waals surface area contributed by atoms with Crippen LogP contribution in [0.1, 0.15) is 74.1 Å². The van der Waals surface area contributed by atoms with E-state index in [-0.39, 0.29) is 32.0 Å². The first kappa shape index (κ1) is 43.5. The van der Waals surface area contributed by atoms with Crippen LogP contribution in [0.15, 0.2) is 0 Å². The van der Waals surface area contributed by atoms with Gasteiger partial charge in [-0.2, -0.15) is 0 Å². The molecule has 0 aromatic carbocycles. The van der Waals surface area contributed by atoms with E-state index in [4.69, 9.17) is 4.74 Å². The quantitative estimate of drug-likeness (QED) is 0.173. The van der Waals surface area contributed by atoms with Crippen molar-refractivity contribution in [1.82, 2.24) is 35.4 Å². The minimum Gasteiger partial charge on any atom is -0.379 e. The number of alkyl halides is 2. The number of likely N-dealkylation sites (N-methyl/N-ethyl adjacent to an activating group) is 1. The maximum absolute atomic E-state index is 14.2. The molecular weight excluding hydrogens is 676 g/mol. The van der Waals surface area contributed by atoms with Crippen LogP contribution in [0, 0.1) is 16.7 Å². The molecular formula is C33H61F2N7O7S. The van der Waals surface area contributed by atoms with Crippen molar-refractivity contribution in [2.75, 3.05) is 65.8 Å². The van der Waals surface area contributed by atoms with Crippen molar-refractivity contribution in [2.45, 2.75) is 105 Å². The molecule has 0 aromatic rings. The van der Waals surface area contributed by atoms with Gasteiger partial charge in [-0.25, -0.2) is 26.3 Å². The number of nitrogens with zero attached hydrogens (tertiary/aromatic N) is 3. The summed E-state index contributed by atoms with van der Waals surface area (Å²) >= 11 is 0. The molecule has 2 heterocycles. The Labute approximate surface area is 297 Å². The second-order valence-electron chi connectivity index (χ2n) is 15.7. The van der Waals surface area contributed by atoms with Gasteiger partial charge in [0, 0.05) is 52.2 Å². The number of hydrogen-bond donors (Lipinski definition) is 4. The highest BCUT2D eigenvalue weighted by molar-refractivity contribution is 7.88. The molecule has 290 valence electrons. The third-order valence-electron chi connectivity index (χ3n) is 9.40. The Morgan fingerprint density at radius 2 is 1.60 bits per heavy atom. The van der Waals surface area contributed by atoms with Crippen molar-refractivity contribution in [3.8, 4) is 0 Å². The summed E-state index contributed by atoms with van der Waals surface area (Å²) in [5, 5.41) is 10.8. The van der Waals surface area contributed by atoms with Crippen LogP contribution in [0.3, 0.4) is 0 Å². The summed E-state index contributed by atoms with van der Waals surface area (Å²) in [6, 6.07) is -4.94. The first-order valence-corrected chi connectivity index (χ1v) is 19.3. The number of urea groups is 1. The van der Waals surface area contributed by atoms with Crippen LogP contribution >= 0.6 is 0 Å². The number of morpholine rings is 1. The number of ether oxygens (including phenoxy) is 1. The highest BCUT2D eigenvalue weighted by Crippen LogP contribution is 2.30. The summed E-state index contributed by atoms with van der Waals surface area (Å²) in [6.07, 6.45) is -1.15. The van der Waals surface area contributed by atoms with Gasteiger partial charge in [-0.05, 0) is 36.1 Å². The molecule has 0 saturated carbocycles. The van der Waals surface area contributed by atoms with Gasteiger partial charge in [0.15, 0.2) is 0 Å². The van der Waals surface area contributed by atoms with E-state index >= 15 is 0 Å². The van der Waals surface area contributed by atoms with Gasteiger partial charge in [0.2, 0.25) is 34.2 Å². The summed E-state index contributed by atoms with van der Waals surface area (Å²) in [5.74, 6) is -2.02. The number of rotatable bonds is 16. The molecule has 0 spiro atoms. The summed E-state index contributed by atoms with van der Waals surface area (Å²) in [5.41, 5.74) is -1.37. The first-order chi connectivity index (χ1) is 23.0. The Kier molecular flexibility index (Phi) is 16.3. The highest BCUT2D eigenvalue weighted by atomic mass is 32.2. The molecule has 2 aliphatic heterocycles. The minimum absolute atomic E-state index is 0.00231. The monoisotopic (exact) mass is 737 g/mol. The summed E-state index contributed by atoms with van der Waals surface area (Å²) < 4.78 is 57.8. The van der Waals surface area contributed by atoms with E-state index in [0.717, 1.165) is 23.7 Å². The van der Waals surface area contributed by atoms with E-state index < -0.39 is 81.6 Å². The first-order valence-electron chi connectivity index (χ1n) is 17.5. The maximum Gasteiger partial charge on any atom is 0.315 e. The molecule has 0 aliphatic carbocycles. The largest absolute Gasteiger partial charge is 0.379 e. The lowest BCUT2D eigenvalue weighted by atomic mass is 9.85. The van der Waals surface area contributed by atoms with Crippen LogP contribution in [0.25, 0.3) is 0 Å². The molecule has 50 heavy (non-hydrogen) atoms. The van der Waals surface area contributed by atoms with Crippen molar-refractivity contribution < 1.29 is 41.1 Å². The summed E-state index contributed by atoms with van der Waals surface area (Å²) in [6.45, 7) is 16.8. The molecule has 2 saturated heterocycles. The van der Waals surface area contributed by atoms with Gasteiger partial charge in [0.1, 0.15) is 18.1 Å². The molecule has 1 unspecified atom stereocenters. The lowest BCUT2D eigenvalue weighted by Gasteiger charge is -2.37. The summed E-state index contributed by atoms with van der Waals surface area (Å²) in [4.78, 5) is 57.8. The smallest absolute Gasteiger partial charge is 0.315 e. The highest BCUT2D eigenvalue weighted by Gasteiger charge is 2.45. The van der Waals surface area contributed by atoms with Crippen LogP contribution in [0.2, 0.25) is 0 Å². The van der Waals surface area contributed by atoms with Crippen molar-refractivity contribution in [2.24, 2.45) is 16.7 Å². The fourth-order valence-electron chi connectivity index (χ4n) is 5.92. The lowest BCUT2D eigenvalue weighted by Crippen LogP contribution is -2.62. The zero-order chi connectivity index (χ0) is 38.0. The van der Waals surface area contributed by atoms with Crippen LogP contribution in [-0.4, -0.2) is 143 Å². The molecule has 0 bridgehead atoms. The van der Waals surface area contributed by atoms with Crippen LogP contribution in [0.5, 0.6) is 0 Å². The molecule has 2 fully saturated rings. The van der Waals surface area contributed by atoms with E-state index in [9.17, 15) is 36.4 Å². The number of carbonyl (C=O) groups is 4. The average Bonchev–Trinajstić information content (AvgIpc) is 3.44. The number of carbonyl (C=O) groups excluding carboxylic acids is 4. The van der Waals surface area contributed by atoms with E-state index in [1.54, 1.807) is 20.8 Å². The molecule has 14 nitrogen and oxygen atoms in total. The second-order valence-corrected chi connectivity index (χ2v) is 17.8. The van der Waals surface area contributed by atoms with Gasteiger partial charge in [0.05, 0.1) is 19.5 Å². The number of amides is 5. The van der Waals surface area contributed by atoms with Crippen LogP contribution < -0.4 is 21.3 Å². The Morgan fingerprint density at radius 1 is 0.980 bits per heavy atom. The normalized spacial score (nSPS) is 21.1. The molecule has 2 rings (SSSR count). The predicted octanol–water partition coefficient (Wildman–Crippen LogP) is 1.61. The Hall–Kier alpha value is -2.63. The van der Waals surface area contributed by atoms with Gasteiger partial charge >= 0.3 is 6.03 Å². The third kappa shape index (κ3) is 13.8. The lowest BCUT2D eigenvalue weighted by molar-refractivity contribution is -0.142. The minimum atomic E-state index is -3.53. The van der Waals surface area contributed by atoms with Crippen LogP contribution in [-0.2, 0) is 29.1 Å². The number of halogens is 2. The molecule has 0 radical (unpaired) electrons. The number of hydrogen-bond acceptors (Lipinski definition) is 8. The van der Waals surface area contributed by atoms with Gasteiger partial charge in [-0.1, -0.05) is 54.9 Å². The van der Waals surface area contributed by atoms with Gasteiger partial charge in [-0.15, -0.1) is 0 Å². The zero-order valence-electron chi connectivity index (χ0n) is 31.3. The fraction of sp³-hybridized carbons (Fsp3) is 0.879. The fourth-order valence-corrected chi connectivity index (χ4v) is 6.34. The molecule has 2 aliphatic rings. The van der Waals surface area contributed by atoms with Gasteiger partial charge < -0.3 is 30.9 Å². The molecule has 5 amide bonds. The number of nitrogens with one attached hydrogen (secondary N) is 4. The van der Waals surface area contributed by atoms with E-state index in [1.807, 2.05) is 27.7 Å². The van der Waals surface area contributed by atoms with Crippen molar-refractivity contribution in [1.29, 1.82) is 0 Å². The number of likely N-dealkylation sites (tertiary alicyclic amines) is 1. The maximum atomic E-state index is 14.2. The van der Waals surface area contributed by atoms with Crippen molar-refractivity contribution >= 4 is 33.8 Å². The van der Waals surface area contributed by atoms with Gasteiger partial charge in [0.25, 0.3) is 0 Å². The standard InChI is InChI=1S/C33H61F2N7O7S/c1-10-22-18-24(29(44)37-23(19-26(34)35)28(43)36-12-11-13-41-14-16-49-17-15-41)42(20-22)30(45)27(33(5,6)7)39-31(46)38-25(32(2,3)4)21-40(8)50(9,47)48/h22-27H,10-21H2,1-9H3,(H,36,43)(H,37,44)(H2,38,39,46)/t22?,23-,24-,25+,27+/m0/s1. The second kappa shape index (κ2) is 18.7. The molecule has 4 N–H and O–H groups in total. The Balaban J connectivity index is 2.19. The average molecular weight is 738 g/mol. The van der Waals surface area contributed by atoms with Crippen molar-refractivity contribution in [3.05, 3.63) is 0 Å². The van der Waals surface area contributed by atoms with Crippen LogP contribution in [0.4, 0.5) is 13.6 Å². The third-order valence-corrected chi connectivity index (χ3v) is 10.7. The number of sulfonamides is 1. The Morgan fingerprint density at radius 3 is 2.12 bits per heavy atom. The predicted molar refractivity (Wildman–Crippen MR) is 187 cm³/mol. The van der Waals surface area contributed by atoms with Gasteiger partial charge in [-0.3, -0.25) is 19.3 Å².